The molecule has 0 bridgehead atoms. The molecule has 1 aromatic carbocycles. The first kappa shape index (κ1) is 17.1. The number of hydrogen-bond donors (Lipinski definition) is 0. The van der Waals surface area contributed by atoms with Gasteiger partial charge in [-0.05, 0) is 30.7 Å². The first-order chi connectivity index (χ1) is 11.8. The zero-order chi connectivity index (χ0) is 18.2. The van der Waals surface area contributed by atoms with Gasteiger partial charge in [-0.3, -0.25) is 14.5 Å². The van der Waals surface area contributed by atoms with Crippen molar-refractivity contribution in [3.8, 4) is 11.1 Å². The van der Waals surface area contributed by atoms with Crippen molar-refractivity contribution in [2.45, 2.75) is 26.6 Å². The van der Waals surface area contributed by atoms with Crippen molar-refractivity contribution in [1.29, 1.82) is 0 Å². The molecule has 0 aliphatic carbocycles. The zero-order valence-electron chi connectivity index (χ0n) is 13.7. The standard InChI is InChI=1S/C18H16F3N3O/c1-11(12(2)25)10-24-17-7-14(8-22-16(17)9-23-24)13-4-3-5-15(6-13)18(19,20)21/h3-9,11H,10H2,1-2H3/t11-/m0/s1. The van der Waals surface area contributed by atoms with Gasteiger partial charge in [0.25, 0.3) is 0 Å². The van der Waals surface area contributed by atoms with Crippen molar-refractivity contribution in [1.82, 2.24) is 14.8 Å². The molecule has 3 aromatic rings. The molecule has 3 rings (SSSR count). The number of alkyl halides is 3. The van der Waals surface area contributed by atoms with E-state index < -0.39 is 11.7 Å². The van der Waals surface area contributed by atoms with E-state index >= 15 is 0 Å². The van der Waals surface area contributed by atoms with Crippen molar-refractivity contribution >= 4 is 16.8 Å². The fourth-order valence-electron chi connectivity index (χ4n) is 2.52. The summed E-state index contributed by atoms with van der Waals surface area (Å²) >= 11 is 0. The summed E-state index contributed by atoms with van der Waals surface area (Å²) in [5.41, 5.74) is 1.60. The third kappa shape index (κ3) is 3.55. The third-order valence-corrected chi connectivity index (χ3v) is 4.16. The van der Waals surface area contributed by atoms with Gasteiger partial charge in [0, 0.05) is 17.7 Å². The van der Waals surface area contributed by atoms with E-state index in [0.29, 0.717) is 28.7 Å². The maximum Gasteiger partial charge on any atom is 0.416 e. The molecule has 0 amide bonds. The van der Waals surface area contributed by atoms with Gasteiger partial charge in [-0.25, -0.2) is 0 Å². The van der Waals surface area contributed by atoms with Gasteiger partial charge in [0.2, 0.25) is 0 Å². The van der Waals surface area contributed by atoms with Crippen LogP contribution in [0.5, 0.6) is 0 Å². The maximum absolute atomic E-state index is 12.9. The summed E-state index contributed by atoms with van der Waals surface area (Å²) in [7, 11) is 0. The van der Waals surface area contributed by atoms with E-state index in [0.717, 1.165) is 12.1 Å². The Morgan fingerprint density at radius 2 is 1.96 bits per heavy atom. The quantitative estimate of drug-likeness (QED) is 0.705. The molecular formula is C18H16F3N3O. The first-order valence-electron chi connectivity index (χ1n) is 7.75. The van der Waals surface area contributed by atoms with Crippen LogP contribution in [0.2, 0.25) is 0 Å². The lowest BCUT2D eigenvalue weighted by Gasteiger charge is -2.10. The Labute approximate surface area is 142 Å². The highest BCUT2D eigenvalue weighted by molar-refractivity contribution is 5.81. The molecule has 1 atom stereocenters. The summed E-state index contributed by atoms with van der Waals surface area (Å²) in [6.07, 6.45) is -1.29. The number of carbonyl (C=O) groups is 1. The van der Waals surface area contributed by atoms with Crippen LogP contribution in [-0.2, 0) is 17.5 Å². The predicted octanol–water partition coefficient (Wildman–Crippen LogP) is 4.34. The highest BCUT2D eigenvalue weighted by Gasteiger charge is 2.30. The van der Waals surface area contributed by atoms with E-state index in [1.54, 1.807) is 29.9 Å². The fourth-order valence-corrected chi connectivity index (χ4v) is 2.52. The van der Waals surface area contributed by atoms with Gasteiger partial charge in [0.15, 0.2) is 0 Å². The molecule has 2 aromatic heterocycles. The second-order valence-corrected chi connectivity index (χ2v) is 6.05. The Bertz CT molecular complexity index is 931. The van der Waals surface area contributed by atoms with Gasteiger partial charge < -0.3 is 0 Å². The van der Waals surface area contributed by atoms with Crippen LogP contribution >= 0.6 is 0 Å². The number of ketones is 1. The van der Waals surface area contributed by atoms with Crippen molar-refractivity contribution in [2.24, 2.45) is 5.92 Å². The summed E-state index contributed by atoms with van der Waals surface area (Å²) in [5, 5.41) is 4.23. The molecule has 0 radical (unpaired) electrons. The fraction of sp³-hybridized carbons (Fsp3) is 0.278. The van der Waals surface area contributed by atoms with E-state index in [1.165, 1.54) is 19.2 Å². The van der Waals surface area contributed by atoms with Crippen LogP contribution in [0.1, 0.15) is 19.4 Å². The Hall–Kier alpha value is -2.70. The van der Waals surface area contributed by atoms with Crippen LogP contribution in [-0.4, -0.2) is 20.5 Å². The van der Waals surface area contributed by atoms with Crippen LogP contribution < -0.4 is 0 Å². The number of nitrogens with zero attached hydrogens (tertiary/aromatic N) is 3. The van der Waals surface area contributed by atoms with Crippen LogP contribution in [0.4, 0.5) is 13.2 Å². The number of halogens is 3. The van der Waals surface area contributed by atoms with Crippen LogP contribution in [0.25, 0.3) is 22.2 Å². The number of Topliss-reactive ketones (excluding diaryl/α,β-unsaturated/α-hetero) is 1. The summed E-state index contributed by atoms with van der Waals surface area (Å²) in [6, 6.07) is 6.86. The van der Waals surface area contributed by atoms with Crippen molar-refractivity contribution in [3.63, 3.8) is 0 Å². The number of fused-ring (bicyclic) bond motifs is 1. The molecule has 25 heavy (non-hydrogen) atoms. The molecule has 0 saturated heterocycles. The van der Waals surface area contributed by atoms with Crippen LogP contribution in [0.15, 0.2) is 42.7 Å². The topological polar surface area (TPSA) is 47.8 Å². The lowest BCUT2D eigenvalue weighted by Crippen LogP contribution is -2.15. The Balaban J connectivity index is 2.02. The number of hydrogen-bond acceptors (Lipinski definition) is 3. The molecular weight excluding hydrogens is 331 g/mol. The third-order valence-electron chi connectivity index (χ3n) is 4.16. The molecule has 0 saturated carbocycles. The smallest absolute Gasteiger partial charge is 0.300 e. The first-order valence-corrected chi connectivity index (χ1v) is 7.75. The normalized spacial score (nSPS) is 13.2. The Kier molecular flexibility index (Phi) is 4.32. The Morgan fingerprint density at radius 1 is 1.20 bits per heavy atom. The molecule has 0 aliphatic rings. The van der Waals surface area contributed by atoms with Gasteiger partial charge in [-0.1, -0.05) is 19.1 Å². The molecule has 0 fully saturated rings. The maximum atomic E-state index is 12.9. The summed E-state index contributed by atoms with van der Waals surface area (Å²) in [4.78, 5) is 15.7. The molecule has 0 N–H and O–H groups in total. The molecule has 0 aliphatic heterocycles. The predicted molar refractivity (Wildman–Crippen MR) is 87.8 cm³/mol. The lowest BCUT2D eigenvalue weighted by atomic mass is 10.0. The average molecular weight is 347 g/mol. The van der Waals surface area contributed by atoms with Crippen molar-refractivity contribution in [3.05, 3.63) is 48.3 Å². The van der Waals surface area contributed by atoms with E-state index in [-0.39, 0.29) is 11.7 Å². The van der Waals surface area contributed by atoms with Gasteiger partial charge in [-0.15, -0.1) is 0 Å². The minimum absolute atomic E-state index is 0.0469. The van der Waals surface area contributed by atoms with Gasteiger partial charge in [0.05, 0.1) is 23.8 Å². The van der Waals surface area contributed by atoms with E-state index in [2.05, 4.69) is 10.1 Å². The number of benzene rings is 1. The second kappa shape index (κ2) is 6.31. The summed E-state index contributed by atoms with van der Waals surface area (Å²) < 4.78 is 40.4. The molecule has 2 heterocycles. The van der Waals surface area contributed by atoms with E-state index in [1.807, 2.05) is 0 Å². The van der Waals surface area contributed by atoms with Crippen LogP contribution in [0.3, 0.4) is 0 Å². The van der Waals surface area contributed by atoms with E-state index in [4.69, 9.17) is 0 Å². The lowest BCUT2D eigenvalue weighted by molar-refractivity contribution is -0.137. The summed E-state index contributed by atoms with van der Waals surface area (Å²) in [6.45, 7) is 3.72. The van der Waals surface area contributed by atoms with Gasteiger partial charge >= 0.3 is 6.18 Å². The number of aromatic nitrogens is 3. The zero-order valence-corrected chi connectivity index (χ0v) is 13.7. The summed E-state index contributed by atoms with van der Waals surface area (Å²) in [5.74, 6) is -0.161. The number of carbonyl (C=O) groups excluding carboxylic acids is 1. The number of pyridine rings is 1. The van der Waals surface area contributed by atoms with Gasteiger partial charge in [-0.2, -0.15) is 18.3 Å². The molecule has 0 unspecified atom stereocenters. The molecule has 7 heteroatoms. The molecule has 0 spiro atoms. The minimum Gasteiger partial charge on any atom is -0.300 e. The largest absolute Gasteiger partial charge is 0.416 e. The highest BCUT2D eigenvalue weighted by Crippen LogP contribution is 2.32. The Morgan fingerprint density at radius 3 is 2.64 bits per heavy atom. The highest BCUT2D eigenvalue weighted by atomic mass is 19.4. The van der Waals surface area contributed by atoms with Crippen LogP contribution in [0, 0.1) is 5.92 Å². The second-order valence-electron chi connectivity index (χ2n) is 6.05. The van der Waals surface area contributed by atoms with Crippen molar-refractivity contribution < 1.29 is 18.0 Å². The van der Waals surface area contributed by atoms with Gasteiger partial charge in [0.1, 0.15) is 11.3 Å². The SMILES string of the molecule is CC(=O)[C@@H](C)Cn1ncc2ncc(-c3cccc(C(F)(F)F)c3)cc21. The number of rotatable bonds is 4. The average Bonchev–Trinajstić information content (AvgIpc) is 2.96. The minimum atomic E-state index is -4.40. The van der Waals surface area contributed by atoms with E-state index in [9.17, 15) is 18.0 Å². The molecule has 130 valence electrons. The molecule has 4 nitrogen and oxygen atoms in total. The monoisotopic (exact) mass is 347 g/mol. The van der Waals surface area contributed by atoms with Crippen molar-refractivity contribution in [2.75, 3.05) is 0 Å².